The van der Waals surface area contributed by atoms with Crippen LogP contribution in [0.5, 0.6) is 0 Å². The molecular formula is C15H10Cl2FNO. The van der Waals surface area contributed by atoms with Crippen LogP contribution in [0.25, 0.3) is 6.08 Å². The van der Waals surface area contributed by atoms with Gasteiger partial charge in [-0.25, -0.2) is 4.39 Å². The van der Waals surface area contributed by atoms with Gasteiger partial charge in [0.25, 0.3) is 0 Å². The van der Waals surface area contributed by atoms with Crippen LogP contribution in [0.2, 0.25) is 10.0 Å². The van der Waals surface area contributed by atoms with Gasteiger partial charge in [0, 0.05) is 16.1 Å². The van der Waals surface area contributed by atoms with Gasteiger partial charge in [-0.3, -0.25) is 4.79 Å². The van der Waals surface area contributed by atoms with E-state index in [9.17, 15) is 9.18 Å². The van der Waals surface area contributed by atoms with E-state index in [-0.39, 0.29) is 10.7 Å². The first-order chi connectivity index (χ1) is 9.56. The smallest absolute Gasteiger partial charge is 0.248 e. The van der Waals surface area contributed by atoms with E-state index >= 15 is 0 Å². The lowest BCUT2D eigenvalue weighted by Gasteiger charge is -2.04. The molecule has 0 atom stereocenters. The van der Waals surface area contributed by atoms with E-state index in [0.29, 0.717) is 10.6 Å². The molecule has 0 bridgehead atoms. The summed E-state index contributed by atoms with van der Waals surface area (Å²) in [4.78, 5) is 11.7. The fourth-order valence-electron chi connectivity index (χ4n) is 1.54. The Morgan fingerprint density at radius 3 is 2.60 bits per heavy atom. The van der Waals surface area contributed by atoms with Gasteiger partial charge >= 0.3 is 0 Å². The van der Waals surface area contributed by atoms with E-state index in [2.05, 4.69) is 5.32 Å². The van der Waals surface area contributed by atoms with Crippen molar-refractivity contribution in [1.29, 1.82) is 0 Å². The molecule has 1 N–H and O–H groups in total. The van der Waals surface area contributed by atoms with Gasteiger partial charge in [-0.2, -0.15) is 0 Å². The van der Waals surface area contributed by atoms with Crippen molar-refractivity contribution in [3.63, 3.8) is 0 Å². The molecule has 0 unspecified atom stereocenters. The van der Waals surface area contributed by atoms with Crippen LogP contribution in [0.4, 0.5) is 10.1 Å². The number of halogens is 3. The summed E-state index contributed by atoms with van der Waals surface area (Å²) in [7, 11) is 0. The summed E-state index contributed by atoms with van der Waals surface area (Å²) >= 11 is 11.6. The molecule has 2 aromatic carbocycles. The number of hydrogen-bond donors (Lipinski definition) is 1. The van der Waals surface area contributed by atoms with Crippen molar-refractivity contribution >= 4 is 40.9 Å². The van der Waals surface area contributed by atoms with Gasteiger partial charge < -0.3 is 5.32 Å². The first-order valence-corrected chi connectivity index (χ1v) is 6.50. The second-order valence-corrected chi connectivity index (χ2v) is 4.81. The normalized spacial score (nSPS) is 10.8. The molecule has 2 rings (SSSR count). The van der Waals surface area contributed by atoms with E-state index in [1.165, 1.54) is 18.2 Å². The number of hydrogen-bond acceptors (Lipinski definition) is 1. The number of amides is 1. The number of carbonyl (C=O) groups is 1. The second-order valence-electron chi connectivity index (χ2n) is 3.97. The maximum atomic E-state index is 13.5. The largest absolute Gasteiger partial charge is 0.320 e. The molecule has 0 fully saturated rings. The van der Waals surface area contributed by atoms with Crippen LogP contribution in [-0.2, 0) is 4.79 Å². The summed E-state index contributed by atoms with van der Waals surface area (Å²) in [5, 5.41) is 3.23. The van der Waals surface area contributed by atoms with Crippen molar-refractivity contribution in [2.45, 2.75) is 0 Å². The Morgan fingerprint density at radius 2 is 1.90 bits per heavy atom. The molecular weight excluding hydrogens is 300 g/mol. The van der Waals surface area contributed by atoms with E-state index in [1.807, 2.05) is 6.07 Å². The van der Waals surface area contributed by atoms with Crippen molar-refractivity contribution in [2.75, 3.05) is 5.32 Å². The van der Waals surface area contributed by atoms with Gasteiger partial charge in [0.05, 0.1) is 5.69 Å². The molecule has 0 aliphatic heterocycles. The topological polar surface area (TPSA) is 29.1 Å². The molecule has 0 aliphatic carbocycles. The van der Waals surface area contributed by atoms with Gasteiger partial charge in [-0.15, -0.1) is 0 Å². The Bertz CT molecular complexity index is 671. The molecule has 2 nitrogen and oxygen atoms in total. The second kappa shape index (κ2) is 6.55. The van der Waals surface area contributed by atoms with Crippen LogP contribution in [0, 0.1) is 5.82 Å². The van der Waals surface area contributed by atoms with Crippen LogP contribution in [0.1, 0.15) is 5.56 Å². The predicted molar refractivity (Wildman–Crippen MR) is 80.5 cm³/mol. The number of carbonyl (C=O) groups excluding carboxylic acids is 1. The first kappa shape index (κ1) is 14.6. The SMILES string of the molecule is O=C(C=Cc1ccccc1Cl)Nc1ccc(Cl)cc1F. The maximum absolute atomic E-state index is 13.5. The Labute approximate surface area is 125 Å². The number of rotatable bonds is 3. The quantitative estimate of drug-likeness (QED) is 0.812. The highest BCUT2D eigenvalue weighted by atomic mass is 35.5. The number of benzene rings is 2. The average molecular weight is 310 g/mol. The minimum atomic E-state index is -0.586. The summed E-state index contributed by atoms with van der Waals surface area (Å²) < 4.78 is 13.5. The summed E-state index contributed by atoms with van der Waals surface area (Å²) in [5.41, 5.74) is 0.782. The highest BCUT2D eigenvalue weighted by Gasteiger charge is 2.05. The molecule has 0 radical (unpaired) electrons. The minimum Gasteiger partial charge on any atom is -0.320 e. The molecule has 0 saturated carbocycles. The Morgan fingerprint density at radius 1 is 1.15 bits per heavy atom. The molecule has 0 aromatic heterocycles. The predicted octanol–water partition coefficient (Wildman–Crippen LogP) is 4.78. The van der Waals surface area contributed by atoms with Gasteiger partial charge in [0.2, 0.25) is 5.91 Å². The van der Waals surface area contributed by atoms with Crippen LogP contribution in [0.15, 0.2) is 48.5 Å². The Hall–Kier alpha value is -1.84. The minimum absolute atomic E-state index is 0.0724. The highest BCUT2D eigenvalue weighted by Crippen LogP contribution is 2.19. The van der Waals surface area contributed by atoms with E-state index in [1.54, 1.807) is 24.3 Å². The monoisotopic (exact) mass is 309 g/mol. The summed E-state index contributed by atoms with van der Waals surface area (Å²) in [5.74, 6) is -1.04. The van der Waals surface area contributed by atoms with Gasteiger partial charge in [-0.05, 0) is 35.9 Å². The lowest BCUT2D eigenvalue weighted by molar-refractivity contribution is -0.111. The molecule has 0 aliphatic rings. The zero-order valence-corrected chi connectivity index (χ0v) is 11.8. The fourth-order valence-corrected chi connectivity index (χ4v) is 1.90. The summed E-state index contributed by atoms with van der Waals surface area (Å²) in [6.07, 6.45) is 2.85. The maximum Gasteiger partial charge on any atom is 0.248 e. The fraction of sp³-hybridized carbons (Fsp3) is 0. The summed E-state index contributed by atoms with van der Waals surface area (Å²) in [6, 6.07) is 11.1. The van der Waals surface area contributed by atoms with Crippen LogP contribution in [0.3, 0.4) is 0 Å². The third-order valence-electron chi connectivity index (χ3n) is 2.51. The van der Waals surface area contributed by atoms with Gasteiger partial charge in [-0.1, -0.05) is 41.4 Å². The van der Waals surface area contributed by atoms with Crippen molar-refractivity contribution in [3.05, 3.63) is 70.0 Å². The van der Waals surface area contributed by atoms with Gasteiger partial charge in [0.15, 0.2) is 0 Å². The van der Waals surface area contributed by atoms with Crippen LogP contribution in [-0.4, -0.2) is 5.91 Å². The molecule has 5 heteroatoms. The zero-order valence-electron chi connectivity index (χ0n) is 10.2. The number of nitrogens with one attached hydrogen (secondary N) is 1. The van der Waals surface area contributed by atoms with Crippen LogP contribution < -0.4 is 5.32 Å². The first-order valence-electron chi connectivity index (χ1n) is 5.75. The molecule has 1 amide bonds. The van der Waals surface area contributed by atoms with Crippen molar-refractivity contribution in [1.82, 2.24) is 0 Å². The van der Waals surface area contributed by atoms with E-state index in [4.69, 9.17) is 23.2 Å². The third kappa shape index (κ3) is 3.83. The molecule has 102 valence electrons. The Kier molecular flexibility index (Phi) is 4.77. The van der Waals surface area contributed by atoms with E-state index < -0.39 is 11.7 Å². The van der Waals surface area contributed by atoms with Crippen molar-refractivity contribution in [2.24, 2.45) is 0 Å². The third-order valence-corrected chi connectivity index (χ3v) is 3.09. The molecule has 20 heavy (non-hydrogen) atoms. The van der Waals surface area contributed by atoms with Crippen LogP contribution >= 0.6 is 23.2 Å². The molecule has 2 aromatic rings. The highest BCUT2D eigenvalue weighted by molar-refractivity contribution is 6.32. The number of anilines is 1. The molecule has 0 spiro atoms. The van der Waals surface area contributed by atoms with Crippen molar-refractivity contribution in [3.8, 4) is 0 Å². The molecule has 0 heterocycles. The zero-order chi connectivity index (χ0) is 14.5. The Balaban J connectivity index is 2.08. The lowest BCUT2D eigenvalue weighted by atomic mass is 10.2. The molecule has 0 saturated heterocycles. The van der Waals surface area contributed by atoms with Gasteiger partial charge in [0.1, 0.15) is 5.82 Å². The standard InChI is InChI=1S/C15H10Cl2FNO/c16-11-6-7-14(13(18)9-11)19-15(20)8-5-10-3-1-2-4-12(10)17/h1-9H,(H,19,20). The average Bonchev–Trinajstić information content (AvgIpc) is 2.41. The lowest BCUT2D eigenvalue weighted by Crippen LogP contribution is -2.09. The summed E-state index contributed by atoms with van der Waals surface area (Å²) in [6.45, 7) is 0. The van der Waals surface area contributed by atoms with Crippen molar-refractivity contribution < 1.29 is 9.18 Å². The van der Waals surface area contributed by atoms with E-state index in [0.717, 1.165) is 6.07 Å².